The summed E-state index contributed by atoms with van der Waals surface area (Å²) < 4.78 is 5.98. The van der Waals surface area contributed by atoms with Gasteiger partial charge < -0.3 is 14.6 Å². The first kappa shape index (κ1) is 14.5. The first-order chi connectivity index (χ1) is 10.6. The second-order valence-corrected chi connectivity index (χ2v) is 5.65. The minimum absolute atomic E-state index is 0.115. The van der Waals surface area contributed by atoms with Crippen molar-refractivity contribution in [2.45, 2.75) is 0 Å². The fourth-order valence-corrected chi connectivity index (χ4v) is 2.66. The van der Waals surface area contributed by atoms with Gasteiger partial charge in [-0.3, -0.25) is 0 Å². The summed E-state index contributed by atoms with van der Waals surface area (Å²) in [4.78, 5) is 16.0. The Balaban J connectivity index is 2.26. The zero-order valence-electron chi connectivity index (χ0n) is 11.7. The highest BCUT2D eigenvalue weighted by Crippen LogP contribution is 2.28. The summed E-state index contributed by atoms with van der Waals surface area (Å²) in [6.45, 7) is 0. The molecule has 0 unspecified atom stereocenters. The first-order valence-corrected chi connectivity index (χ1v) is 7.34. The average molecular weight is 357 g/mol. The maximum Gasteiger partial charge on any atom is 0.119 e. The lowest BCUT2D eigenvalue weighted by atomic mass is 10.0. The molecule has 0 spiro atoms. The molecule has 2 aromatic carbocycles. The summed E-state index contributed by atoms with van der Waals surface area (Å²) in [5.74, 6) is -0.542. The Morgan fingerprint density at radius 1 is 1.18 bits per heavy atom. The van der Waals surface area contributed by atoms with Crippen molar-refractivity contribution in [3.8, 4) is 17.0 Å². The molecule has 4 nitrogen and oxygen atoms in total. The molecule has 110 valence electrons. The first-order valence-electron chi connectivity index (χ1n) is 6.54. The number of rotatable bonds is 3. The van der Waals surface area contributed by atoms with Crippen molar-refractivity contribution in [2.75, 3.05) is 7.11 Å². The van der Waals surface area contributed by atoms with Gasteiger partial charge in [-0.05, 0) is 36.4 Å². The number of aromatic nitrogens is 1. The van der Waals surface area contributed by atoms with Crippen LogP contribution in [0.5, 0.6) is 5.75 Å². The summed E-state index contributed by atoms with van der Waals surface area (Å²) in [5.41, 5.74) is 2.06. The fourth-order valence-electron chi connectivity index (χ4n) is 2.30. The Kier molecular flexibility index (Phi) is 3.81. The number of carboxylic acid groups (broad SMARTS) is 1. The van der Waals surface area contributed by atoms with Crippen LogP contribution in [0.1, 0.15) is 10.4 Å². The summed E-state index contributed by atoms with van der Waals surface area (Å²) in [6.07, 6.45) is 0. The Bertz CT molecular complexity index is 877. The van der Waals surface area contributed by atoms with E-state index in [1.807, 2.05) is 30.3 Å². The van der Waals surface area contributed by atoms with E-state index in [2.05, 4.69) is 20.9 Å². The van der Waals surface area contributed by atoms with Gasteiger partial charge in [-0.2, -0.15) is 0 Å². The number of carboxylic acids is 1. The smallest absolute Gasteiger partial charge is 0.119 e. The number of hydrogen-bond donors (Lipinski definition) is 0. The van der Waals surface area contributed by atoms with Gasteiger partial charge in [0, 0.05) is 21.0 Å². The summed E-state index contributed by atoms with van der Waals surface area (Å²) in [5, 5.41) is 12.0. The van der Waals surface area contributed by atoms with E-state index in [0.29, 0.717) is 22.3 Å². The molecule has 0 bridgehead atoms. The van der Waals surface area contributed by atoms with Gasteiger partial charge in [-0.25, -0.2) is 4.98 Å². The summed E-state index contributed by atoms with van der Waals surface area (Å²) in [7, 11) is 1.58. The lowest BCUT2D eigenvalue weighted by Gasteiger charge is -2.11. The average Bonchev–Trinajstić information content (AvgIpc) is 2.53. The number of ether oxygens (including phenoxy) is 1. The molecule has 0 radical (unpaired) electrons. The third kappa shape index (κ3) is 2.67. The van der Waals surface area contributed by atoms with E-state index in [1.54, 1.807) is 19.2 Å². The minimum Gasteiger partial charge on any atom is -0.545 e. The monoisotopic (exact) mass is 356 g/mol. The SMILES string of the molecule is COc1cccc(-c2cc(C(=O)[O-])c3cc(Br)ccc3n2)c1. The molecule has 22 heavy (non-hydrogen) atoms. The van der Waals surface area contributed by atoms with Gasteiger partial charge in [0.05, 0.1) is 24.3 Å². The standard InChI is InChI=1S/C17H12BrNO3/c1-22-12-4-2-3-10(7-12)16-9-14(17(20)21)13-8-11(18)5-6-15(13)19-16/h2-9H,1H3,(H,20,21)/p-1. The molecule has 0 aliphatic rings. The van der Waals surface area contributed by atoms with Crippen LogP contribution in [0.25, 0.3) is 22.2 Å². The third-order valence-electron chi connectivity index (χ3n) is 3.36. The van der Waals surface area contributed by atoms with Crippen LogP contribution in [0, 0.1) is 0 Å². The molecule has 1 heterocycles. The van der Waals surface area contributed by atoms with Crippen molar-refractivity contribution in [1.29, 1.82) is 0 Å². The molecule has 1 aromatic heterocycles. The number of halogens is 1. The predicted octanol–water partition coefficient (Wildman–Crippen LogP) is 3.04. The molecule has 0 N–H and O–H groups in total. The van der Waals surface area contributed by atoms with Crippen molar-refractivity contribution < 1.29 is 14.6 Å². The van der Waals surface area contributed by atoms with E-state index in [0.717, 1.165) is 10.0 Å². The fraction of sp³-hybridized carbons (Fsp3) is 0.0588. The minimum atomic E-state index is -1.23. The van der Waals surface area contributed by atoms with Gasteiger partial charge >= 0.3 is 0 Å². The second-order valence-electron chi connectivity index (χ2n) is 4.74. The molecular weight excluding hydrogens is 346 g/mol. The Morgan fingerprint density at radius 2 is 2.00 bits per heavy atom. The Hall–Kier alpha value is -2.40. The van der Waals surface area contributed by atoms with Gasteiger partial charge in [0.1, 0.15) is 5.75 Å². The summed E-state index contributed by atoms with van der Waals surface area (Å²) >= 11 is 3.34. The quantitative estimate of drug-likeness (QED) is 0.723. The van der Waals surface area contributed by atoms with Crippen LogP contribution >= 0.6 is 15.9 Å². The van der Waals surface area contributed by atoms with E-state index in [1.165, 1.54) is 6.07 Å². The molecule has 3 aromatic rings. The number of methoxy groups -OCH3 is 1. The Morgan fingerprint density at radius 3 is 2.73 bits per heavy atom. The van der Waals surface area contributed by atoms with E-state index in [-0.39, 0.29) is 5.56 Å². The molecule has 0 aliphatic carbocycles. The van der Waals surface area contributed by atoms with Gasteiger partial charge in [0.15, 0.2) is 0 Å². The van der Waals surface area contributed by atoms with Crippen LogP contribution in [0.4, 0.5) is 0 Å². The van der Waals surface area contributed by atoms with Crippen LogP contribution in [-0.4, -0.2) is 18.1 Å². The second kappa shape index (κ2) is 5.77. The zero-order valence-corrected chi connectivity index (χ0v) is 13.3. The van der Waals surface area contributed by atoms with E-state index >= 15 is 0 Å². The molecular formula is C17H11BrNO3-. The third-order valence-corrected chi connectivity index (χ3v) is 3.85. The van der Waals surface area contributed by atoms with E-state index in [4.69, 9.17) is 4.74 Å². The number of hydrogen-bond acceptors (Lipinski definition) is 4. The molecule has 3 rings (SSSR count). The van der Waals surface area contributed by atoms with Crippen molar-refractivity contribution >= 4 is 32.8 Å². The van der Waals surface area contributed by atoms with Gasteiger partial charge in [-0.15, -0.1) is 0 Å². The van der Waals surface area contributed by atoms with Crippen LogP contribution in [-0.2, 0) is 0 Å². The number of aromatic carboxylic acids is 1. The lowest BCUT2D eigenvalue weighted by Crippen LogP contribution is -2.22. The van der Waals surface area contributed by atoms with Gasteiger partial charge in [-0.1, -0.05) is 28.1 Å². The van der Waals surface area contributed by atoms with E-state index < -0.39 is 5.97 Å². The molecule has 5 heteroatoms. The number of nitrogens with zero attached hydrogens (tertiary/aromatic N) is 1. The molecule has 0 amide bonds. The molecule has 0 fully saturated rings. The number of benzene rings is 2. The van der Waals surface area contributed by atoms with Crippen molar-refractivity contribution in [3.63, 3.8) is 0 Å². The maximum absolute atomic E-state index is 11.5. The van der Waals surface area contributed by atoms with Gasteiger partial charge in [0.2, 0.25) is 0 Å². The predicted molar refractivity (Wildman–Crippen MR) is 85.8 cm³/mol. The maximum atomic E-state index is 11.5. The zero-order chi connectivity index (χ0) is 15.7. The lowest BCUT2D eigenvalue weighted by molar-refractivity contribution is -0.254. The number of carbonyl (C=O) groups excluding carboxylic acids is 1. The molecule has 0 atom stereocenters. The van der Waals surface area contributed by atoms with Crippen LogP contribution in [0.2, 0.25) is 0 Å². The van der Waals surface area contributed by atoms with Crippen LogP contribution < -0.4 is 9.84 Å². The molecule has 0 saturated carbocycles. The number of carbonyl (C=O) groups is 1. The van der Waals surface area contributed by atoms with E-state index in [9.17, 15) is 9.90 Å². The summed E-state index contributed by atoms with van der Waals surface area (Å²) in [6, 6.07) is 14.2. The van der Waals surface area contributed by atoms with Crippen LogP contribution in [0.15, 0.2) is 53.0 Å². The highest BCUT2D eigenvalue weighted by atomic mass is 79.9. The van der Waals surface area contributed by atoms with Crippen LogP contribution in [0.3, 0.4) is 0 Å². The molecule has 0 saturated heterocycles. The van der Waals surface area contributed by atoms with Crippen molar-refractivity contribution in [1.82, 2.24) is 4.98 Å². The normalized spacial score (nSPS) is 10.6. The van der Waals surface area contributed by atoms with Crippen molar-refractivity contribution in [3.05, 3.63) is 58.6 Å². The topological polar surface area (TPSA) is 62.2 Å². The van der Waals surface area contributed by atoms with Gasteiger partial charge in [0.25, 0.3) is 0 Å². The van der Waals surface area contributed by atoms with Crippen molar-refractivity contribution in [2.24, 2.45) is 0 Å². The molecule has 0 aliphatic heterocycles. The number of fused-ring (bicyclic) bond motifs is 1. The highest BCUT2D eigenvalue weighted by molar-refractivity contribution is 9.10. The largest absolute Gasteiger partial charge is 0.545 e. The highest BCUT2D eigenvalue weighted by Gasteiger charge is 2.09. The Labute approximate surface area is 135 Å². The number of pyridine rings is 1.